The van der Waals surface area contributed by atoms with Crippen molar-refractivity contribution in [1.29, 1.82) is 0 Å². The van der Waals surface area contributed by atoms with E-state index in [1.165, 1.54) is 23.4 Å². The van der Waals surface area contributed by atoms with E-state index in [4.69, 9.17) is 0 Å². The van der Waals surface area contributed by atoms with Crippen LogP contribution in [0, 0.1) is 0 Å². The molecule has 1 unspecified atom stereocenters. The van der Waals surface area contributed by atoms with Crippen molar-refractivity contribution in [1.82, 2.24) is 10.2 Å². The van der Waals surface area contributed by atoms with Crippen LogP contribution in [0.25, 0.3) is 0 Å². The molecule has 0 radical (unpaired) electrons. The van der Waals surface area contributed by atoms with Gasteiger partial charge >= 0.3 is 0 Å². The second-order valence-corrected chi connectivity index (χ2v) is 7.54. The van der Waals surface area contributed by atoms with Gasteiger partial charge in [-0.1, -0.05) is 19.1 Å². The molecule has 0 bridgehead atoms. The van der Waals surface area contributed by atoms with Gasteiger partial charge in [0, 0.05) is 57.5 Å². The van der Waals surface area contributed by atoms with E-state index in [0.29, 0.717) is 0 Å². The van der Waals surface area contributed by atoms with Gasteiger partial charge in [-0.3, -0.25) is 4.99 Å². The van der Waals surface area contributed by atoms with Gasteiger partial charge in [0.1, 0.15) is 0 Å². The first kappa shape index (κ1) is 21.4. The zero-order valence-corrected chi connectivity index (χ0v) is 18.4. The minimum Gasteiger partial charge on any atom is -0.378 e. The summed E-state index contributed by atoms with van der Waals surface area (Å²) in [4.78, 5) is 8.99. The minimum absolute atomic E-state index is 0. The Balaban J connectivity index is 0.00000288. The van der Waals surface area contributed by atoms with Crippen LogP contribution in [-0.4, -0.2) is 62.6 Å². The van der Waals surface area contributed by atoms with Crippen LogP contribution >= 0.6 is 35.7 Å². The fraction of sp³-hybridized carbons (Fsp3) is 0.611. The van der Waals surface area contributed by atoms with Gasteiger partial charge < -0.3 is 15.1 Å². The predicted molar refractivity (Wildman–Crippen MR) is 119 cm³/mol. The van der Waals surface area contributed by atoms with Crippen LogP contribution in [0.15, 0.2) is 29.3 Å². The van der Waals surface area contributed by atoms with Crippen molar-refractivity contribution in [3.63, 3.8) is 0 Å². The second-order valence-electron chi connectivity index (χ2n) is 6.13. The highest BCUT2D eigenvalue weighted by Gasteiger charge is 2.21. The van der Waals surface area contributed by atoms with Crippen LogP contribution in [0.4, 0.5) is 5.69 Å². The van der Waals surface area contributed by atoms with Crippen molar-refractivity contribution in [3.8, 4) is 0 Å². The molecule has 1 aliphatic heterocycles. The zero-order valence-electron chi connectivity index (χ0n) is 15.3. The minimum atomic E-state index is 0. The third-order valence-electron chi connectivity index (χ3n) is 4.25. The van der Waals surface area contributed by atoms with Gasteiger partial charge in [-0.15, -0.1) is 24.0 Å². The van der Waals surface area contributed by atoms with E-state index in [9.17, 15) is 0 Å². The Labute approximate surface area is 168 Å². The summed E-state index contributed by atoms with van der Waals surface area (Å²) in [5.41, 5.74) is 2.60. The molecule has 0 amide bonds. The van der Waals surface area contributed by atoms with Gasteiger partial charge in [-0.25, -0.2) is 0 Å². The van der Waals surface area contributed by atoms with Gasteiger partial charge in [0.05, 0.1) is 0 Å². The number of thioether (sulfide) groups is 1. The third kappa shape index (κ3) is 6.35. The van der Waals surface area contributed by atoms with Crippen LogP contribution in [0.3, 0.4) is 0 Å². The molecule has 1 fully saturated rings. The summed E-state index contributed by atoms with van der Waals surface area (Å²) < 4.78 is 0. The lowest BCUT2D eigenvalue weighted by Crippen LogP contribution is -2.48. The van der Waals surface area contributed by atoms with Gasteiger partial charge in [-0.2, -0.15) is 11.8 Å². The molecule has 0 saturated carbocycles. The number of hydrogen-bond acceptors (Lipinski definition) is 3. The Bertz CT molecular complexity index is 504. The highest BCUT2D eigenvalue weighted by molar-refractivity contribution is 14.0. The molecule has 1 aromatic carbocycles. The molecule has 136 valence electrons. The molecule has 0 spiro atoms. The predicted octanol–water partition coefficient (Wildman–Crippen LogP) is 3.32. The first-order valence-electron chi connectivity index (χ1n) is 8.47. The lowest BCUT2D eigenvalue weighted by Gasteiger charge is -2.34. The smallest absolute Gasteiger partial charge is 0.193 e. The second kappa shape index (κ2) is 11.1. The molecule has 1 aromatic rings. The van der Waals surface area contributed by atoms with Gasteiger partial charge in [0.2, 0.25) is 0 Å². The summed E-state index contributed by atoms with van der Waals surface area (Å²) in [6, 6.07) is 8.78. The van der Waals surface area contributed by atoms with Crippen LogP contribution in [0.1, 0.15) is 18.9 Å². The normalized spacial score (nSPS) is 18.1. The summed E-state index contributed by atoms with van der Waals surface area (Å²) in [7, 11) is 6.03. The van der Waals surface area contributed by atoms with E-state index < -0.39 is 0 Å². The quantitative estimate of drug-likeness (QED) is 0.413. The Kier molecular flexibility index (Phi) is 9.88. The van der Waals surface area contributed by atoms with Gasteiger partial charge in [0.15, 0.2) is 5.96 Å². The number of hydrogen-bond donors (Lipinski definition) is 1. The fourth-order valence-corrected chi connectivity index (χ4v) is 3.95. The maximum atomic E-state index is 4.46. The zero-order chi connectivity index (χ0) is 16.7. The molecule has 2 rings (SSSR count). The molecular weight excluding hydrogens is 431 g/mol. The van der Waals surface area contributed by atoms with E-state index in [1.807, 2.05) is 7.05 Å². The molecule has 1 N–H and O–H groups in total. The van der Waals surface area contributed by atoms with E-state index in [1.54, 1.807) is 0 Å². The highest BCUT2D eigenvalue weighted by atomic mass is 127. The molecule has 24 heavy (non-hydrogen) atoms. The standard InChI is InChI=1S/C18H30N4S.HI/c1-5-17-14-22(12-13-23-17)18(19-2)20-11-10-15-6-8-16(9-7-15)21(3)4;/h6-9,17H,5,10-14H2,1-4H3,(H,19,20);1H. The SMILES string of the molecule is CCC1CN(C(=NC)NCCc2ccc(N(C)C)cc2)CCS1.I. The van der Waals surface area contributed by atoms with Crippen molar-refractivity contribution >= 4 is 47.4 Å². The van der Waals surface area contributed by atoms with Crippen molar-refractivity contribution < 1.29 is 0 Å². The summed E-state index contributed by atoms with van der Waals surface area (Å²) in [6.07, 6.45) is 2.25. The number of guanidine groups is 1. The van der Waals surface area contributed by atoms with Crippen molar-refractivity contribution in [2.75, 3.05) is 51.4 Å². The molecule has 6 heteroatoms. The van der Waals surface area contributed by atoms with Crippen LogP contribution < -0.4 is 10.2 Å². The highest BCUT2D eigenvalue weighted by Crippen LogP contribution is 2.21. The van der Waals surface area contributed by atoms with E-state index in [0.717, 1.165) is 37.3 Å². The monoisotopic (exact) mass is 462 g/mol. The van der Waals surface area contributed by atoms with Crippen LogP contribution in [0.5, 0.6) is 0 Å². The lowest BCUT2D eigenvalue weighted by atomic mass is 10.1. The summed E-state index contributed by atoms with van der Waals surface area (Å²) in [6.45, 7) is 5.40. The molecule has 0 aliphatic carbocycles. The molecule has 1 aliphatic rings. The average Bonchev–Trinajstić information content (AvgIpc) is 2.59. The van der Waals surface area contributed by atoms with E-state index in [2.05, 4.69) is 77.2 Å². The van der Waals surface area contributed by atoms with Crippen molar-refractivity contribution in [2.45, 2.75) is 25.0 Å². The topological polar surface area (TPSA) is 30.9 Å². The fourth-order valence-electron chi connectivity index (χ4n) is 2.77. The third-order valence-corrected chi connectivity index (χ3v) is 5.63. The molecule has 1 saturated heterocycles. The first-order valence-corrected chi connectivity index (χ1v) is 9.52. The number of benzene rings is 1. The number of nitrogens with zero attached hydrogens (tertiary/aromatic N) is 3. The number of anilines is 1. The molecule has 1 atom stereocenters. The van der Waals surface area contributed by atoms with Gasteiger partial charge in [-0.05, 0) is 30.5 Å². The van der Waals surface area contributed by atoms with Gasteiger partial charge in [0.25, 0.3) is 0 Å². The largest absolute Gasteiger partial charge is 0.378 e. The number of halogens is 1. The molecular formula is C18H31IN4S. The Hall–Kier alpha value is -0.630. The lowest BCUT2D eigenvalue weighted by molar-refractivity contribution is 0.408. The summed E-state index contributed by atoms with van der Waals surface area (Å²) in [5, 5.41) is 4.26. The Morgan fingerprint density at radius 2 is 2.04 bits per heavy atom. The summed E-state index contributed by atoms with van der Waals surface area (Å²) in [5.74, 6) is 2.25. The maximum absolute atomic E-state index is 4.46. The Morgan fingerprint density at radius 1 is 1.33 bits per heavy atom. The molecule has 1 heterocycles. The van der Waals surface area contributed by atoms with Crippen molar-refractivity contribution in [3.05, 3.63) is 29.8 Å². The molecule has 4 nitrogen and oxygen atoms in total. The number of rotatable bonds is 5. The maximum Gasteiger partial charge on any atom is 0.193 e. The average molecular weight is 462 g/mol. The van der Waals surface area contributed by atoms with Crippen LogP contribution in [0.2, 0.25) is 0 Å². The molecule has 0 aromatic heterocycles. The summed E-state index contributed by atoms with van der Waals surface area (Å²) >= 11 is 2.09. The van der Waals surface area contributed by atoms with Crippen molar-refractivity contribution in [2.24, 2.45) is 4.99 Å². The Morgan fingerprint density at radius 3 is 2.62 bits per heavy atom. The number of nitrogens with one attached hydrogen (secondary N) is 1. The van der Waals surface area contributed by atoms with Crippen LogP contribution in [-0.2, 0) is 6.42 Å². The van der Waals surface area contributed by atoms with E-state index in [-0.39, 0.29) is 24.0 Å². The number of aliphatic imine (C=N–C) groups is 1. The first-order chi connectivity index (χ1) is 11.1. The van der Waals surface area contributed by atoms with E-state index >= 15 is 0 Å².